The molecule has 1 aromatic carbocycles. The van der Waals surface area contributed by atoms with E-state index in [1.807, 2.05) is 0 Å². The van der Waals surface area contributed by atoms with E-state index in [0.717, 1.165) is 25.9 Å². The minimum atomic E-state index is -3.86. The molecule has 0 radical (unpaired) electrons. The van der Waals surface area contributed by atoms with Gasteiger partial charge in [0, 0.05) is 25.7 Å². The third-order valence-electron chi connectivity index (χ3n) is 4.11. The molecule has 1 heterocycles. The lowest BCUT2D eigenvalue weighted by molar-refractivity contribution is 0.0824. The Bertz CT molecular complexity index is 735. The maximum Gasteiger partial charge on any atom is 0.257 e. The highest BCUT2D eigenvalue weighted by molar-refractivity contribution is 7.89. The van der Waals surface area contributed by atoms with Gasteiger partial charge in [-0.25, -0.2) is 13.1 Å². The molecule has 1 unspecified atom stereocenters. The molecule has 0 saturated carbocycles. The van der Waals surface area contributed by atoms with Crippen molar-refractivity contribution in [2.24, 2.45) is 5.92 Å². The summed E-state index contributed by atoms with van der Waals surface area (Å²) in [6.45, 7) is 2.06. The highest BCUT2D eigenvalue weighted by Gasteiger charge is 2.27. The zero-order valence-corrected chi connectivity index (χ0v) is 17.4. The van der Waals surface area contributed by atoms with E-state index in [1.165, 1.54) is 24.1 Å². The van der Waals surface area contributed by atoms with Crippen molar-refractivity contribution in [2.45, 2.75) is 17.7 Å². The van der Waals surface area contributed by atoms with Gasteiger partial charge in [-0.3, -0.25) is 4.79 Å². The lowest BCUT2D eigenvalue weighted by Crippen LogP contribution is -2.38. The first-order valence-electron chi connectivity index (χ1n) is 8.06. The number of nitrogens with zero attached hydrogens (tertiary/aromatic N) is 1. The van der Waals surface area contributed by atoms with E-state index in [4.69, 9.17) is 16.3 Å². The molecule has 1 amide bonds. The summed E-state index contributed by atoms with van der Waals surface area (Å²) in [7, 11) is 0.618. The summed E-state index contributed by atoms with van der Waals surface area (Å²) in [5.74, 6) is -0.152. The summed E-state index contributed by atoms with van der Waals surface area (Å²) in [5, 5.41) is 3.41. The number of nitrogens with one attached hydrogen (secondary N) is 2. The number of methoxy groups -OCH3 is 1. The average Bonchev–Trinajstić information content (AvgIpc) is 2.59. The molecule has 26 heavy (non-hydrogen) atoms. The first-order valence-corrected chi connectivity index (χ1v) is 9.92. The van der Waals surface area contributed by atoms with Gasteiger partial charge >= 0.3 is 0 Å². The second-order valence-corrected chi connectivity index (χ2v) is 8.42. The van der Waals surface area contributed by atoms with Gasteiger partial charge in [0.2, 0.25) is 10.0 Å². The standard InChI is InChI=1S/C16H24ClN3O4S.ClH/c1-20(2)16(21)13-7-12(17)8-14(15(13)24-3)25(22,23)19-10-11-5-4-6-18-9-11;/h7-8,11,18-19H,4-6,9-10H2,1-3H3;1H. The van der Waals surface area contributed by atoms with Crippen LogP contribution in [0.5, 0.6) is 5.75 Å². The Labute approximate surface area is 165 Å². The fourth-order valence-electron chi connectivity index (χ4n) is 2.78. The van der Waals surface area contributed by atoms with Crippen LogP contribution in [0.4, 0.5) is 0 Å². The van der Waals surface area contributed by atoms with Gasteiger partial charge in [0.15, 0.2) is 5.75 Å². The smallest absolute Gasteiger partial charge is 0.257 e. The Morgan fingerprint density at radius 2 is 2.12 bits per heavy atom. The first kappa shape index (κ1) is 23.0. The molecule has 10 heteroatoms. The third-order valence-corrected chi connectivity index (χ3v) is 5.76. The zero-order chi connectivity index (χ0) is 18.6. The van der Waals surface area contributed by atoms with E-state index in [2.05, 4.69) is 10.0 Å². The predicted octanol–water partition coefficient (Wildman–Crippen LogP) is 1.75. The molecule has 2 N–H and O–H groups in total. The largest absolute Gasteiger partial charge is 0.494 e. The molecule has 1 saturated heterocycles. The minimum absolute atomic E-state index is 0. The van der Waals surface area contributed by atoms with Crippen LogP contribution in [-0.2, 0) is 10.0 Å². The number of benzene rings is 1. The number of rotatable bonds is 6. The number of ether oxygens (including phenoxy) is 1. The van der Waals surface area contributed by atoms with Gasteiger partial charge in [-0.05, 0) is 44.0 Å². The van der Waals surface area contributed by atoms with Crippen molar-refractivity contribution >= 4 is 39.9 Å². The van der Waals surface area contributed by atoms with Gasteiger partial charge in [-0.2, -0.15) is 0 Å². The summed E-state index contributed by atoms with van der Waals surface area (Å²) in [4.78, 5) is 13.5. The molecule has 1 aliphatic heterocycles. The third kappa shape index (κ3) is 5.47. The Morgan fingerprint density at radius 3 is 2.65 bits per heavy atom. The van der Waals surface area contributed by atoms with Crippen molar-refractivity contribution in [1.82, 2.24) is 14.9 Å². The monoisotopic (exact) mass is 425 g/mol. The number of hydrogen-bond donors (Lipinski definition) is 2. The summed E-state index contributed by atoms with van der Waals surface area (Å²) in [5.41, 5.74) is 0.111. The molecular weight excluding hydrogens is 401 g/mol. The average molecular weight is 426 g/mol. The van der Waals surface area contributed by atoms with Crippen molar-refractivity contribution in [1.29, 1.82) is 0 Å². The Kier molecular flexibility index (Phi) is 8.62. The molecule has 0 aromatic heterocycles. The second kappa shape index (κ2) is 9.75. The summed E-state index contributed by atoms with van der Waals surface area (Å²) < 4.78 is 33.4. The highest BCUT2D eigenvalue weighted by atomic mass is 35.5. The Balaban J connectivity index is 0.00000338. The Hall–Kier alpha value is -1.06. The van der Waals surface area contributed by atoms with Crippen LogP contribution < -0.4 is 14.8 Å². The van der Waals surface area contributed by atoms with Gasteiger partial charge < -0.3 is 15.0 Å². The van der Waals surface area contributed by atoms with Crippen LogP contribution in [0.3, 0.4) is 0 Å². The SMILES string of the molecule is COc1c(C(=O)N(C)C)cc(Cl)cc1S(=O)(=O)NCC1CCCNC1.Cl. The maximum atomic E-state index is 12.8. The summed E-state index contributed by atoms with van der Waals surface area (Å²) in [6.07, 6.45) is 1.99. The molecule has 2 rings (SSSR count). The van der Waals surface area contributed by atoms with Crippen molar-refractivity contribution in [2.75, 3.05) is 40.8 Å². The predicted molar refractivity (Wildman–Crippen MR) is 104 cm³/mol. The number of hydrogen-bond acceptors (Lipinski definition) is 5. The van der Waals surface area contributed by atoms with Crippen LogP contribution in [0.2, 0.25) is 5.02 Å². The van der Waals surface area contributed by atoms with E-state index in [1.54, 1.807) is 14.1 Å². The summed E-state index contributed by atoms with van der Waals surface area (Å²) in [6, 6.07) is 2.71. The molecule has 7 nitrogen and oxygen atoms in total. The molecular formula is C16H25Cl2N3O4S. The maximum absolute atomic E-state index is 12.8. The van der Waals surface area contributed by atoms with Crippen LogP contribution in [0.15, 0.2) is 17.0 Å². The van der Waals surface area contributed by atoms with E-state index in [0.29, 0.717) is 6.54 Å². The number of carbonyl (C=O) groups is 1. The van der Waals surface area contributed by atoms with Gasteiger partial charge in [-0.1, -0.05) is 11.6 Å². The molecule has 148 valence electrons. The molecule has 0 bridgehead atoms. The second-order valence-electron chi connectivity index (χ2n) is 6.25. The normalized spacial score (nSPS) is 17.3. The fourth-order valence-corrected chi connectivity index (χ4v) is 4.40. The highest BCUT2D eigenvalue weighted by Crippen LogP contribution is 2.32. The lowest BCUT2D eigenvalue weighted by Gasteiger charge is -2.23. The van der Waals surface area contributed by atoms with Crippen molar-refractivity contribution in [3.05, 3.63) is 22.7 Å². The molecule has 1 aliphatic rings. The van der Waals surface area contributed by atoms with E-state index in [9.17, 15) is 13.2 Å². The summed E-state index contributed by atoms with van der Waals surface area (Å²) >= 11 is 6.05. The Morgan fingerprint density at radius 1 is 1.42 bits per heavy atom. The molecule has 0 spiro atoms. The number of amides is 1. The minimum Gasteiger partial charge on any atom is -0.494 e. The van der Waals surface area contributed by atoms with Gasteiger partial charge in [-0.15, -0.1) is 12.4 Å². The topological polar surface area (TPSA) is 87.7 Å². The van der Waals surface area contributed by atoms with E-state index < -0.39 is 10.0 Å². The van der Waals surface area contributed by atoms with Gasteiger partial charge in [0.1, 0.15) is 4.90 Å². The van der Waals surface area contributed by atoms with Gasteiger partial charge in [0.25, 0.3) is 5.91 Å². The zero-order valence-electron chi connectivity index (χ0n) is 15.0. The van der Waals surface area contributed by atoms with Gasteiger partial charge in [0.05, 0.1) is 12.7 Å². The van der Waals surface area contributed by atoms with Crippen LogP contribution in [0.25, 0.3) is 0 Å². The molecule has 1 atom stereocenters. The van der Waals surface area contributed by atoms with Crippen LogP contribution >= 0.6 is 24.0 Å². The van der Waals surface area contributed by atoms with Crippen molar-refractivity contribution in [3.8, 4) is 5.75 Å². The van der Waals surface area contributed by atoms with E-state index in [-0.39, 0.29) is 45.5 Å². The molecule has 1 fully saturated rings. The fraction of sp³-hybridized carbons (Fsp3) is 0.562. The lowest BCUT2D eigenvalue weighted by atomic mass is 10.0. The molecule has 1 aromatic rings. The number of sulfonamides is 1. The number of piperidine rings is 1. The number of carbonyl (C=O) groups excluding carboxylic acids is 1. The van der Waals surface area contributed by atoms with Crippen LogP contribution in [0.1, 0.15) is 23.2 Å². The van der Waals surface area contributed by atoms with Crippen LogP contribution in [-0.4, -0.2) is 60.1 Å². The van der Waals surface area contributed by atoms with E-state index >= 15 is 0 Å². The van der Waals surface area contributed by atoms with Crippen molar-refractivity contribution in [3.63, 3.8) is 0 Å². The molecule has 0 aliphatic carbocycles. The van der Waals surface area contributed by atoms with Crippen molar-refractivity contribution < 1.29 is 17.9 Å². The van der Waals surface area contributed by atoms with Crippen LogP contribution in [0, 0.1) is 5.92 Å². The quantitative estimate of drug-likeness (QED) is 0.724. The number of halogens is 2. The first-order chi connectivity index (χ1) is 11.8.